The summed E-state index contributed by atoms with van der Waals surface area (Å²) >= 11 is 1.26. The van der Waals surface area contributed by atoms with Crippen LogP contribution in [0.4, 0.5) is 18.9 Å². The smallest absolute Gasteiger partial charge is 0.342 e. The van der Waals surface area contributed by atoms with E-state index in [1.54, 1.807) is 29.2 Å². The molecule has 0 saturated heterocycles. The van der Waals surface area contributed by atoms with Gasteiger partial charge < -0.3 is 10.2 Å². The Balaban J connectivity index is 1.66. The molecule has 0 atom stereocenters. The van der Waals surface area contributed by atoms with Crippen molar-refractivity contribution in [2.45, 2.75) is 49.2 Å². The lowest BCUT2D eigenvalue weighted by Crippen LogP contribution is -2.39. The van der Waals surface area contributed by atoms with Crippen molar-refractivity contribution < 1.29 is 22.8 Å². The molecule has 1 aliphatic carbocycles. The Bertz CT molecular complexity index is 927. The van der Waals surface area contributed by atoms with Gasteiger partial charge in [-0.1, -0.05) is 37.5 Å². The van der Waals surface area contributed by atoms with E-state index >= 15 is 0 Å². The first kappa shape index (κ1) is 23.2. The average molecular weight is 451 g/mol. The highest BCUT2D eigenvalue weighted by Crippen LogP contribution is 2.31. The van der Waals surface area contributed by atoms with Gasteiger partial charge in [-0.3, -0.25) is 9.59 Å². The lowest BCUT2D eigenvalue weighted by Gasteiger charge is -2.31. The van der Waals surface area contributed by atoms with Gasteiger partial charge in [0.1, 0.15) is 0 Å². The molecule has 1 N–H and O–H groups in total. The minimum Gasteiger partial charge on any atom is -0.342 e. The van der Waals surface area contributed by atoms with Crippen molar-refractivity contribution in [3.8, 4) is 0 Å². The Labute approximate surface area is 184 Å². The van der Waals surface area contributed by atoms with Gasteiger partial charge >= 0.3 is 6.18 Å². The summed E-state index contributed by atoms with van der Waals surface area (Å²) in [6.45, 7) is 0. The van der Waals surface area contributed by atoms with Crippen LogP contribution in [0.3, 0.4) is 0 Å². The number of hydrogen-bond acceptors (Lipinski definition) is 3. The molecular weight excluding hydrogens is 425 g/mol. The number of hydrogen-bond donors (Lipinski definition) is 1. The van der Waals surface area contributed by atoms with Gasteiger partial charge in [-0.25, -0.2) is 0 Å². The van der Waals surface area contributed by atoms with Crippen LogP contribution in [0.15, 0.2) is 53.4 Å². The highest BCUT2D eigenvalue weighted by molar-refractivity contribution is 8.00. The lowest BCUT2D eigenvalue weighted by molar-refractivity contribution is -0.137. The third-order valence-corrected chi connectivity index (χ3v) is 6.50. The van der Waals surface area contributed by atoms with E-state index in [0.717, 1.165) is 37.8 Å². The standard InChI is InChI=1S/C23H25F3N2O2S/c1-28(18-10-3-2-4-11-18)21(29)15-31-20-13-6-5-12-19(20)22(30)27-17-9-7-8-16(14-17)23(24,25)26/h5-9,12-14,18H,2-4,10-11,15H2,1H3,(H,27,30). The molecule has 0 aromatic heterocycles. The summed E-state index contributed by atoms with van der Waals surface area (Å²) < 4.78 is 38.7. The summed E-state index contributed by atoms with van der Waals surface area (Å²) in [6.07, 6.45) is 1.02. The first-order valence-corrected chi connectivity index (χ1v) is 11.2. The fourth-order valence-corrected chi connectivity index (χ4v) is 4.64. The number of rotatable bonds is 6. The number of benzene rings is 2. The van der Waals surface area contributed by atoms with E-state index in [9.17, 15) is 22.8 Å². The molecule has 0 unspecified atom stereocenters. The predicted molar refractivity (Wildman–Crippen MR) is 116 cm³/mol. The van der Waals surface area contributed by atoms with Gasteiger partial charge in [0.25, 0.3) is 5.91 Å². The fraction of sp³-hybridized carbons (Fsp3) is 0.391. The normalized spacial score (nSPS) is 14.8. The minimum atomic E-state index is -4.49. The number of halogens is 3. The first-order chi connectivity index (χ1) is 14.8. The number of nitrogens with one attached hydrogen (secondary N) is 1. The third kappa shape index (κ3) is 6.26. The summed E-state index contributed by atoms with van der Waals surface area (Å²) in [4.78, 5) is 27.7. The molecule has 0 aliphatic heterocycles. The molecule has 31 heavy (non-hydrogen) atoms. The maximum Gasteiger partial charge on any atom is 0.416 e. The summed E-state index contributed by atoms with van der Waals surface area (Å²) in [5.74, 6) is -0.318. The Morgan fingerprint density at radius 2 is 1.77 bits per heavy atom. The van der Waals surface area contributed by atoms with Crippen LogP contribution in [0.1, 0.15) is 48.0 Å². The summed E-state index contributed by atoms with van der Waals surface area (Å²) in [5, 5.41) is 2.53. The second kappa shape index (κ2) is 10.2. The fourth-order valence-electron chi connectivity index (χ4n) is 3.67. The van der Waals surface area contributed by atoms with E-state index in [2.05, 4.69) is 5.32 Å². The molecule has 0 bridgehead atoms. The van der Waals surface area contributed by atoms with E-state index in [1.807, 2.05) is 7.05 Å². The van der Waals surface area contributed by atoms with E-state index in [-0.39, 0.29) is 23.4 Å². The van der Waals surface area contributed by atoms with Crippen molar-refractivity contribution in [1.29, 1.82) is 0 Å². The summed E-state index contributed by atoms with van der Waals surface area (Å²) in [7, 11) is 1.82. The molecule has 2 aromatic carbocycles. The second-order valence-electron chi connectivity index (χ2n) is 7.61. The highest BCUT2D eigenvalue weighted by atomic mass is 32.2. The van der Waals surface area contributed by atoms with Crippen LogP contribution in [0.5, 0.6) is 0 Å². The molecule has 1 fully saturated rings. The molecule has 0 heterocycles. The van der Waals surface area contributed by atoms with Gasteiger partial charge in [0.05, 0.1) is 16.9 Å². The molecule has 4 nitrogen and oxygen atoms in total. The zero-order valence-corrected chi connectivity index (χ0v) is 18.1. The van der Waals surface area contributed by atoms with Gasteiger partial charge in [-0.2, -0.15) is 13.2 Å². The number of nitrogens with zero attached hydrogens (tertiary/aromatic N) is 1. The van der Waals surface area contributed by atoms with E-state index < -0.39 is 17.6 Å². The van der Waals surface area contributed by atoms with Crippen molar-refractivity contribution in [3.05, 3.63) is 59.7 Å². The van der Waals surface area contributed by atoms with Crippen molar-refractivity contribution in [2.24, 2.45) is 0 Å². The molecule has 166 valence electrons. The number of alkyl halides is 3. The van der Waals surface area contributed by atoms with E-state index in [1.165, 1.54) is 30.3 Å². The largest absolute Gasteiger partial charge is 0.416 e. The number of thioether (sulfide) groups is 1. The third-order valence-electron chi connectivity index (χ3n) is 5.45. The van der Waals surface area contributed by atoms with Gasteiger partial charge in [-0.15, -0.1) is 11.8 Å². The molecule has 3 rings (SSSR count). The SMILES string of the molecule is CN(C(=O)CSc1ccccc1C(=O)Nc1cccc(C(F)(F)F)c1)C1CCCCC1. The number of anilines is 1. The Kier molecular flexibility index (Phi) is 7.64. The molecule has 1 aliphatic rings. The van der Waals surface area contributed by atoms with Crippen LogP contribution >= 0.6 is 11.8 Å². The number of amides is 2. The average Bonchev–Trinajstić information content (AvgIpc) is 2.77. The molecule has 1 saturated carbocycles. The zero-order valence-electron chi connectivity index (χ0n) is 17.2. The Morgan fingerprint density at radius 1 is 1.06 bits per heavy atom. The Hall–Kier alpha value is -2.48. The lowest BCUT2D eigenvalue weighted by atomic mass is 9.94. The molecule has 0 spiro atoms. The molecule has 2 amide bonds. The van der Waals surface area contributed by atoms with Gasteiger partial charge in [0, 0.05) is 23.7 Å². The second-order valence-corrected chi connectivity index (χ2v) is 8.63. The molecule has 2 aromatic rings. The van der Waals surface area contributed by atoms with Crippen molar-refractivity contribution in [2.75, 3.05) is 18.1 Å². The van der Waals surface area contributed by atoms with E-state index in [0.29, 0.717) is 10.5 Å². The first-order valence-electron chi connectivity index (χ1n) is 10.2. The molecule has 0 radical (unpaired) electrons. The monoisotopic (exact) mass is 450 g/mol. The minimum absolute atomic E-state index is 0.00462. The van der Waals surface area contributed by atoms with Crippen LogP contribution in [0.25, 0.3) is 0 Å². The van der Waals surface area contributed by atoms with Gasteiger partial charge in [0.15, 0.2) is 0 Å². The van der Waals surface area contributed by atoms with Crippen molar-refractivity contribution in [3.63, 3.8) is 0 Å². The summed E-state index contributed by atoms with van der Waals surface area (Å²) in [5.41, 5.74) is -0.449. The maximum atomic E-state index is 12.9. The molecule has 8 heteroatoms. The highest BCUT2D eigenvalue weighted by Gasteiger charge is 2.30. The quantitative estimate of drug-likeness (QED) is 0.563. The topological polar surface area (TPSA) is 49.4 Å². The van der Waals surface area contributed by atoms with Gasteiger partial charge in [-0.05, 0) is 43.2 Å². The van der Waals surface area contributed by atoms with Crippen LogP contribution in [0, 0.1) is 0 Å². The Morgan fingerprint density at radius 3 is 2.48 bits per heavy atom. The predicted octanol–water partition coefficient (Wildman–Crippen LogP) is 5.84. The van der Waals surface area contributed by atoms with Crippen molar-refractivity contribution in [1.82, 2.24) is 4.90 Å². The summed E-state index contributed by atoms with van der Waals surface area (Å²) in [6, 6.07) is 11.6. The van der Waals surface area contributed by atoms with E-state index in [4.69, 9.17) is 0 Å². The molecular formula is C23H25F3N2O2S. The number of carbonyl (C=O) groups excluding carboxylic acids is 2. The van der Waals surface area contributed by atoms with Gasteiger partial charge in [0.2, 0.25) is 5.91 Å². The van der Waals surface area contributed by atoms with Crippen LogP contribution in [-0.2, 0) is 11.0 Å². The maximum absolute atomic E-state index is 12.9. The van der Waals surface area contributed by atoms with Crippen LogP contribution in [-0.4, -0.2) is 35.6 Å². The number of carbonyl (C=O) groups is 2. The van der Waals surface area contributed by atoms with Crippen LogP contribution in [0.2, 0.25) is 0 Å². The zero-order chi connectivity index (χ0) is 22.4. The van der Waals surface area contributed by atoms with Crippen molar-refractivity contribution >= 4 is 29.3 Å². The van der Waals surface area contributed by atoms with Crippen LogP contribution < -0.4 is 5.32 Å².